The number of benzene rings is 1. The van der Waals surface area contributed by atoms with Crippen LogP contribution in [0, 0.1) is 0 Å². The van der Waals surface area contributed by atoms with Gasteiger partial charge in [-0.15, -0.1) is 24.0 Å². The molecule has 0 aliphatic rings. The number of hydrogen-bond donors (Lipinski definition) is 2. The summed E-state index contributed by atoms with van der Waals surface area (Å²) >= 11 is 0. The fourth-order valence-corrected chi connectivity index (χ4v) is 2.75. The molecule has 1 aromatic heterocycles. The molecule has 168 valence electrons. The largest absolute Gasteiger partial charge is 0.490 e. The van der Waals surface area contributed by atoms with E-state index >= 15 is 0 Å². The summed E-state index contributed by atoms with van der Waals surface area (Å²) in [6, 6.07) is 8.05. The lowest BCUT2D eigenvalue weighted by Crippen LogP contribution is -2.38. The van der Waals surface area contributed by atoms with E-state index in [2.05, 4.69) is 40.7 Å². The van der Waals surface area contributed by atoms with Crippen LogP contribution < -0.4 is 20.1 Å². The van der Waals surface area contributed by atoms with Gasteiger partial charge in [-0.2, -0.15) is 0 Å². The molecule has 0 saturated heterocycles. The van der Waals surface area contributed by atoms with Crippen LogP contribution in [0.15, 0.2) is 33.8 Å². The van der Waals surface area contributed by atoms with Crippen molar-refractivity contribution >= 4 is 29.9 Å². The molecule has 30 heavy (non-hydrogen) atoms. The van der Waals surface area contributed by atoms with Crippen LogP contribution in [-0.4, -0.2) is 37.4 Å². The minimum Gasteiger partial charge on any atom is -0.490 e. The number of hydrogen-bond acceptors (Lipinski definition) is 5. The predicted molar refractivity (Wildman–Crippen MR) is 131 cm³/mol. The lowest BCUT2D eigenvalue weighted by molar-refractivity contribution is 0.287. The highest BCUT2D eigenvalue weighted by atomic mass is 127. The predicted octanol–water partition coefficient (Wildman–Crippen LogP) is 4.51. The summed E-state index contributed by atoms with van der Waals surface area (Å²) in [5.74, 6) is 3.44. The molecule has 0 fully saturated rings. The van der Waals surface area contributed by atoms with E-state index < -0.39 is 0 Å². The molecule has 2 N–H and O–H groups in total. The number of aliphatic imine (C=N–C) groups is 1. The third-order valence-corrected chi connectivity index (χ3v) is 4.22. The second-order valence-electron chi connectivity index (χ2n) is 6.89. The molecule has 0 bridgehead atoms. The zero-order chi connectivity index (χ0) is 21.1. The third-order valence-electron chi connectivity index (χ3n) is 4.22. The summed E-state index contributed by atoms with van der Waals surface area (Å²) < 4.78 is 16.7. The van der Waals surface area contributed by atoms with Crippen LogP contribution >= 0.6 is 24.0 Å². The van der Waals surface area contributed by atoms with Gasteiger partial charge < -0.3 is 24.6 Å². The first-order valence-electron chi connectivity index (χ1n) is 10.4. The van der Waals surface area contributed by atoms with Crippen LogP contribution in [0.2, 0.25) is 0 Å². The molecule has 0 amide bonds. The lowest BCUT2D eigenvalue weighted by Gasteiger charge is -2.14. The van der Waals surface area contributed by atoms with Crippen molar-refractivity contribution in [2.75, 3.05) is 26.3 Å². The SMILES string of the molecule is CCNC(=NCc1cc(C(C)C)no1)NCCc1ccc(OCC)c(OCC)c1.I. The number of halogens is 1. The molecule has 0 aliphatic carbocycles. The zero-order valence-corrected chi connectivity index (χ0v) is 21.0. The Balaban J connectivity index is 0.00000450. The van der Waals surface area contributed by atoms with Crippen molar-refractivity contribution in [3.63, 3.8) is 0 Å². The second-order valence-corrected chi connectivity index (χ2v) is 6.89. The molecule has 8 heteroatoms. The fraction of sp³-hybridized carbons (Fsp3) is 0.545. The second kappa shape index (κ2) is 14.1. The van der Waals surface area contributed by atoms with Gasteiger partial charge in [0, 0.05) is 19.2 Å². The molecule has 0 spiro atoms. The van der Waals surface area contributed by atoms with Crippen molar-refractivity contribution in [3.05, 3.63) is 41.3 Å². The summed E-state index contributed by atoms with van der Waals surface area (Å²) in [4.78, 5) is 4.59. The molecule has 0 radical (unpaired) electrons. The van der Waals surface area contributed by atoms with E-state index in [0.29, 0.717) is 25.7 Å². The van der Waals surface area contributed by atoms with E-state index in [9.17, 15) is 0 Å². The van der Waals surface area contributed by atoms with Gasteiger partial charge >= 0.3 is 0 Å². The van der Waals surface area contributed by atoms with Crippen LogP contribution in [0.5, 0.6) is 11.5 Å². The summed E-state index contributed by atoms with van der Waals surface area (Å²) in [5, 5.41) is 10.7. The quantitative estimate of drug-likeness (QED) is 0.253. The Morgan fingerprint density at radius 3 is 2.43 bits per heavy atom. The van der Waals surface area contributed by atoms with Gasteiger partial charge in [0.05, 0.1) is 18.9 Å². The Morgan fingerprint density at radius 1 is 1.07 bits per heavy atom. The van der Waals surface area contributed by atoms with Gasteiger partial charge in [0.15, 0.2) is 23.2 Å². The first-order chi connectivity index (χ1) is 14.1. The minimum absolute atomic E-state index is 0. The Labute approximate surface area is 197 Å². The van der Waals surface area contributed by atoms with Crippen molar-refractivity contribution < 1.29 is 14.0 Å². The molecule has 7 nitrogen and oxygen atoms in total. The van der Waals surface area contributed by atoms with E-state index in [1.807, 2.05) is 39.0 Å². The van der Waals surface area contributed by atoms with Crippen molar-refractivity contribution in [1.29, 1.82) is 0 Å². The zero-order valence-electron chi connectivity index (χ0n) is 18.7. The Bertz CT molecular complexity index is 777. The molecule has 1 heterocycles. The van der Waals surface area contributed by atoms with Gasteiger partial charge in [-0.25, -0.2) is 4.99 Å². The Kier molecular flexibility index (Phi) is 12.3. The van der Waals surface area contributed by atoms with E-state index in [4.69, 9.17) is 14.0 Å². The van der Waals surface area contributed by atoms with Crippen LogP contribution in [0.4, 0.5) is 0 Å². The van der Waals surface area contributed by atoms with E-state index in [1.165, 1.54) is 5.56 Å². The van der Waals surface area contributed by atoms with Crippen molar-refractivity contribution in [2.45, 2.75) is 53.5 Å². The average molecular weight is 530 g/mol. The monoisotopic (exact) mass is 530 g/mol. The van der Waals surface area contributed by atoms with Gasteiger partial charge in [-0.1, -0.05) is 25.1 Å². The Hall–Kier alpha value is -1.97. The van der Waals surface area contributed by atoms with Crippen LogP contribution in [-0.2, 0) is 13.0 Å². The van der Waals surface area contributed by atoms with Gasteiger partial charge in [0.2, 0.25) is 0 Å². The van der Waals surface area contributed by atoms with Gasteiger partial charge in [0.1, 0.15) is 6.54 Å². The molecule has 2 aromatic rings. The maximum Gasteiger partial charge on any atom is 0.191 e. The highest BCUT2D eigenvalue weighted by molar-refractivity contribution is 14.0. The third kappa shape index (κ3) is 8.41. The van der Waals surface area contributed by atoms with Crippen LogP contribution in [0.25, 0.3) is 0 Å². The van der Waals surface area contributed by atoms with Crippen molar-refractivity contribution in [2.24, 2.45) is 4.99 Å². The summed E-state index contributed by atoms with van der Waals surface area (Å²) in [6.45, 7) is 13.4. The van der Waals surface area contributed by atoms with Gasteiger partial charge in [0.25, 0.3) is 0 Å². The lowest BCUT2D eigenvalue weighted by atomic mass is 10.1. The molecule has 2 rings (SSSR count). The standard InChI is InChI=1S/C22H34N4O3.HI/c1-6-23-22(25-15-18-14-19(16(4)5)26-29-18)24-12-11-17-9-10-20(27-7-2)21(13-17)28-8-3;/h9-10,13-14,16H,6-8,11-12,15H2,1-5H3,(H2,23,24,25);1H. The molecular weight excluding hydrogens is 495 g/mol. The number of guanidine groups is 1. The summed E-state index contributed by atoms with van der Waals surface area (Å²) in [6.07, 6.45) is 0.844. The maximum atomic E-state index is 5.70. The normalized spacial score (nSPS) is 11.2. The van der Waals surface area contributed by atoms with Crippen molar-refractivity contribution in [3.8, 4) is 11.5 Å². The maximum absolute atomic E-state index is 5.70. The number of rotatable bonds is 11. The number of nitrogens with zero attached hydrogens (tertiary/aromatic N) is 2. The highest BCUT2D eigenvalue weighted by Gasteiger charge is 2.08. The van der Waals surface area contributed by atoms with Gasteiger partial charge in [-0.05, 0) is 50.8 Å². The van der Waals surface area contributed by atoms with Crippen LogP contribution in [0.1, 0.15) is 57.6 Å². The minimum atomic E-state index is 0. The molecule has 0 atom stereocenters. The molecule has 1 aromatic carbocycles. The van der Waals surface area contributed by atoms with Crippen LogP contribution in [0.3, 0.4) is 0 Å². The summed E-state index contributed by atoms with van der Waals surface area (Å²) in [7, 11) is 0. The first-order valence-corrected chi connectivity index (χ1v) is 10.4. The molecule has 0 aliphatic heterocycles. The first kappa shape index (κ1) is 26.1. The number of ether oxygens (including phenoxy) is 2. The number of nitrogens with one attached hydrogen (secondary N) is 2. The van der Waals surface area contributed by atoms with Gasteiger partial charge in [-0.3, -0.25) is 0 Å². The topological polar surface area (TPSA) is 80.9 Å². The van der Waals surface area contributed by atoms with E-state index in [0.717, 1.165) is 48.4 Å². The number of aromatic nitrogens is 1. The average Bonchev–Trinajstić information content (AvgIpc) is 3.18. The summed E-state index contributed by atoms with van der Waals surface area (Å²) in [5.41, 5.74) is 2.13. The smallest absolute Gasteiger partial charge is 0.191 e. The fourth-order valence-electron chi connectivity index (χ4n) is 2.75. The van der Waals surface area contributed by atoms with E-state index in [-0.39, 0.29) is 24.0 Å². The molecule has 0 unspecified atom stereocenters. The highest BCUT2D eigenvalue weighted by Crippen LogP contribution is 2.28. The molecular formula is C22H35IN4O3. The van der Waals surface area contributed by atoms with Crippen molar-refractivity contribution in [1.82, 2.24) is 15.8 Å². The van der Waals surface area contributed by atoms with E-state index in [1.54, 1.807) is 0 Å². The Morgan fingerprint density at radius 2 is 1.80 bits per heavy atom. The molecule has 0 saturated carbocycles.